The summed E-state index contributed by atoms with van der Waals surface area (Å²) >= 11 is 0. The van der Waals surface area contributed by atoms with E-state index in [9.17, 15) is 8.42 Å². The number of benzene rings is 1. The second kappa shape index (κ2) is 6.39. The SMILES string of the molecule is CN(c1ccccc1)S(=O)(=O)CCC1CCNCC1. The van der Waals surface area contributed by atoms with Crippen LogP contribution < -0.4 is 9.62 Å². The lowest BCUT2D eigenvalue weighted by atomic mass is 9.96. The van der Waals surface area contributed by atoms with Crippen LogP contribution >= 0.6 is 0 Å². The van der Waals surface area contributed by atoms with Crippen molar-refractivity contribution in [3.8, 4) is 0 Å². The summed E-state index contributed by atoms with van der Waals surface area (Å²) in [5, 5.41) is 3.30. The van der Waals surface area contributed by atoms with Crippen molar-refractivity contribution in [1.29, 1.82) is 0 Å². The van der Waals surface area contributed by atoms with Gasteiger partial charge in [-0.1, -0.05) is 18.2 Å². The molecule has 1 aromatic carbocycles. The number of hydrogen-bond acceptors (Lipinski definition) is 3. The van der Waals surface area contributed by atoms with E-state index in [1.54, 1.807) is 7.05 Å². The monoisotopic (exact) mass is 282 g/mol. The Balaban J connectivity index is 1.94. The molecule has 2 rings (SSSR count). The Morgan fingerprint density at radius 1 is 1.21 bits per heavy atom. The Labute approximate surface area is 115 Å². The van der Waals surface area contributed by atoms with Gasteiger partial charge in [-0.3, -0.25) is 4.31 Å². The molecule has 1 aliphatic heterocycles. The zero-order valence-corrected chi connectivity index (χ0v) is 12.2. The molecule has 0 radical (unpaired) electrons. The molecule has 0 aromatic heterocycles. The van der Waals surface area contributed by atoms with Crippen molar-refractivity contribution in [2.75, 3.05) is 30.2 Å². The maximum absolute atomic E-state index is 12.3. The first-order chi connectivity index (χ1) is 9.09. The van der Waals surface area contributed by atoms with Crippen molar-refractivity contribution in [2.24, 2.45) is 5.92 Å². The molecule has 4 nitrogen and oxygen atoms in total. The number of para-hydroxylation sites is 1. The lowest BCUT2D eigenvalue weighted by molar-refractivity contribution is 0.365. The molecule has 1 N–H and O–H groups in total. The van der Waals surface area contributed by atoms with Crippen molar-refractivity contribution in [3.63, 3.8) is 0 Å². The van der Waals surface area contributed by atoms with Crippen LogP contribution in [0.3, 0.4) is 0 Å². The van der Waals surface area contributed by atoms with Crippen molar-refractivity contribution in [3.05, 3.63) is 30.3 Å². The number of anilines is 1. The largest absolute Gasteiger partial charge is 0.317 e. The third-order valence-electron chi connectivity index (χ3n) is 3.78. The molecular formula is C14H22N2O2S. The fourth-order valence-corrected chi connectivity index (χ4v) is 3.77. The zero-order valence-electron chi connectivity index (χ0n) is 11.4. The molecule has 0 atom stereocenters. The molecule has 1 fully saturated rings. The second-order valence-electron chi connectivity index (χ2n) is 5.10. The highest BCUT2D eigenvalue weighted by molar-refractivity contribution is 7.92. The van der Waals surface area contributed by atoms with E-state index in [0.29, 0.717) is 5.92 Å². The van der Waals surface area contributed by atoms with Crippen molar-refractivity contribution >= 4 is 15.7 Å². The van der Waals surface area contributed by atoms with Gasteiger partial charge in [-0.25, -0.2) is 8.42 Å². The van der Waals surface area contributed by atoms with Gasteiger partial charge in [0.1, 0.15) is 0 Å². The molecule has 5 heteroatoms. The van der Waals surface area contributed by atoms with Gasteiger partial charge in [0.25, 0.3) is 0 Å². The summed E-state index contributed by atoms with van der Waals surface area (Å²) < 4.78 is 26.0. The predicted molar refractivity (Wildman–Crippen MR) is 78.8 cm³/mol. The normalized spacial score (nSPS) is 17.3. The number of piperidine rings is 1. The van der Waals surface area contributed by atoms with Gasteiger partial charge in [-0.2, -0.15) is 0 Å². The summed E-state index contributed by atoms with van der Waals surface area (Å²) in [7, 11) is -1.57. The quantitative estimate of drug-likeness (QED) is 0.896. The highest BCUT2D eigenvalue weighted by Gasteiger charge is 2.21. The molecule has 0 amide bonds. The molecule has 19 heavy (non-hydrogen) atoms. The topological polar surface area (TPSA) is 49.4 Å². The summed E-state index contributed by atoms with van der Waals surface area (Å²) in [6, 6.07) is 9.24. The van der Waals surface area contributed by atoms with Gasteiger partial charge in [0.05, 0.1) is 11.4 Å². The minimum absolute atomic E-state index is 0.239. The van der Waals surface area contributed by atoms with E-state index in [0.717, 1.165) is 38.0 Å². The molecule has 0 bridgehead atoms. The van der Waals surface area contributed by atoms with E-state index in [2.05, 4.69) is 5.32 Å². The zero-order chi connectivity index (χ0) is 13.7. The van der Waals surface area contributed by atoms with Gasteiger partial charge in [0.15, 0.2) is 0 Å². The molecule has 106 valence electrons. The number of hydrogen-bond donors (Lipinski definition) is 1. The molecule has 0 spiro atoms. The lowest BCUT2D eigenvalue weighted by Crippen LogP contribution is -2.32. The number of sulfonamides is 1. The third kappa shape index (κ3) is 3.94. The Bertz CT molecular complexity index is 481. The fourth-order valence-electron chi connectivity index (χ4n) is 2.42. The molecule has 0 unspecified atom stereocenters. The Morgan fingerprint density at radius 2 is 1.84 bits per heavy atom. The maximum Gasteiger partial charge on any atom is 0.234 e. The van der Waals surface area contributed by atoms with E-state index in [4.69, 9.17) is 0 Å². The Morgan fingerprint density at radius 3 is 2.47 bits per heavy atom. The van der Waals surface area contributed by atoms with E-state index < -0.39 is 10.0 Å². The average molecular weight is 282 g/mol. The average Bonchev–Trinajstić information content (AvgIpc) is 2.46. The molecule has 0 aliphatic carbocycles. The van der Waals surface area contributed by atoms with Crippen LogP contribution in [0.25, 0.3) is 0 Å². The van der Waals surface area contributed by atoms with Crippen LogP contribution in [0.1, 0.15) is 19.3 Å². The highest BCUT2D eigenvalue weighted by Crippen LogP contribution is 2.20. The fraction of sp³-hybridized carbons (Fsp3) is 0.571. The highest BCUT2D eigenvalue weighted by atomic mass is 32.2. The van der Waals surface area contributed by atoms with Gasteiger partial charge >= 0.3 is 0 Å². The smallest absolute Gasteiger partial charge is 0.234 e. The number of nitrogens with one attached hydrogen (secondary N) is 1. The first kappa shape index (κ1) is 14.3. The van der Waals surface area contributed by atoms with Gasteiger partial charge < -0.3 is 5.32 Å². The van der Waals surface area contributed by atoms with Crippen LogP contribution in [-0.4, -0.2) is 34.3 Å². The van der Waals surface area contributed by atoms with Gasteiger partial charge in [-0.15, -0.1) is 0 Å². The molecule has 1 heterocycles. The van der Waals surface area contributed by atoms with Crippen LogP contribution in [0.2, 0.25) is 0 Å². The maximum atomic E-state index is 12.3. The predicted octanol–water partition coefficient (Wildman–Crippen LogP) is 1.84. The van der Waals surface area contributed by atoms with E-state index in [1.807, 2.05) is 30.3 Å². The van der Waals surface area contributed by atoms with Crippen LogP contribution in [0.4, 0.5) is 5.69 Å². The standard InChI is InChI=1S/C14H22N2O2S/c1-16(14-5-3-2-4-6-14)19(17,18)12-9-13-7-10-15-11-8-13/h2-6,13,15H,7-12H2,1H3. The van der Waals surface area contributed by atoms with Crippen molar-refractivity contribution in [1.82, 2.24) is 5.32 Å². The molecule has 1 aromatic rings. The minimum atomic E-state index is -3.20. The first-order valence-corrected chi connectivity index (χ1v) is 8.43. The number of nitrogens with zero attached hydrogens (tertiary/aromatic N) is 1. The molecule has 1 aliphatic rings. The molecular weight excluding hydrogens is 260 g/mol. The van der Waals surface area contributed by atoms with Gasteiger partial charge in [0.2, 0.25) is 10.0 Å². The lowest BCUT2D eigenvalue weighted by Gasteiger charge is -2.24. The third-order valence-corrected chi connectivity index (χ3v) is 5.58. The van der Waals surface area contributed by atoms with Crippen LogP contribution in [0, 0.1) is 5.92 Å². The first-order valence-electron chi connectivity index (χ1n) is 6.82. The summed E-state index contributed by atoms with van der Waals surface area (Å²) in [6.07, 6.45) is 2.94. The van der Waals surface area contributed by atoms with Crippen LogP contribution in [0.15, 0.2) is 30.3 Å². The van der Waals surface area contributed by atoms with E-state index in [1.165, 1.54) is 4.31 Å². The van der Waals surface area contributed by atoms with Gasteiger partial charge in [-0.05, 0) is 50.4 Å². The number of rotatable bonds is 5. The Hall–Kier alpha value is -1.07. The molecule has 1 saturated heterocycles. The van der Waals surface area contributed by atoms with E-state index >= 15 is 0 Å². The van der Waals surface area contributed by atoms with Crippen LogP contribution in [-0.2, 0) is 10.0 Å². The minimum Gasteiger partial charge on any atom is -0.317 e. The summed E-state index contributed by atoms with van der Waals surface area (Å²) in [5.41, 5.74) is 0.729. The van der Waals surface area contributed by atoms with Crippen molar-refractivity contribution in [2.45, 2.75) is 19.3 Å². The summed E-state index contributed by atoms with van der Waals surface area (Å²) in [4.78, 5) is 0. The molecule has 0 saturated carbocycles. The second-order valence-corrected chi connectivity index (χ2v) is 7.22. The van der Waals surface area contributed by atoms with Gasteiger partial charge in [0, 0.05) is 7.05 Å². The Kier molecular flexibility index (Phi) is 4.82. The summed E-state index contributed by atoms with van der Waals surface area (Å²) in [6.45, 7) is 2.03. The van der Waals surface area contributed by atoms with Crippen LogP contribution in [0.5, 0.6) is 0 Å². The summed E-state index contributed by atoms with van der Waals surface area (Å²) in [5.74, 6) is 0.781. The van der Waals surface area contributed by atoms with Crippen molar-refractivity contribution < 1.29 is 8.42 Å². The van der Waals surface area contributed by atoms with E-state index in [-0.39, 0.29) is 5.75 Å².